The van der Waals surface area contributed by atoms with Crippen molar-refractivity contribution < 1.29 is 9.53 Å². The quantitative estimate of drug-likeness (QED) is 0.873. The third-order valence-corrected chi connectivity index (χ3v) is 4.13. The number of aromatic nitrogens is 5. The SMILES string of the molecule is O=C(c1cnc[nH]1)N1CCn2c(COCC3CC3)nnc2C1. The maximum atomic E-state index is 12.3. The number of ether oxygens (including phenoxy) is 1. The molecule has 0 atom stereocenters. The number of rotatable bonds is 5. The molecule has 1 aliphatic heterocycles. The van der Waals surface area contributed by atoms with Gasteiger partial charge in [-0.25, -0.2) is 4.98 Å². The van der Waals surface area contributed by atoms with E-state index in [0.29, 0.717) is 31.9 Å². The predicted molar refractivity (Wildman–Crippen MR) is 75.7 cm³/mol. The molecule has 1 fully saturated rings. The van der Waals surface area contributed by atoms with Gasteiger partial charge in [0.2, 0.25) is 0 Å². The maximum Gasteiger partial charge on any atom is 0.272 e. The first-order valence-electron chi connectivity index (χ1n) is 7.57. The normalized spacial score (nSPS) is 17.5. The number of aromatic amines is 1. The molecule has 8 nitrogen and oxygen atoms in total. The third-order valence-electron chi connectivity index (χ3n) is 4.13. The van der Waals surface area contributed by atoms with Crippen LogP contribution in [0.5, 0.6) is 0 Å². The Morgan fingerprint density at radius 1 is 1.36 bits per heavy atom. The van der Waals surface area contributed by atoms with Crippen molar-refractivity contribution in [1.82, 2.24) is 29.6 Å². The number of carbonyl (C=O) groups excluding carboxylic acids is 1. The minimum atomic E-state index is -0.0571. The second kappa shape index (κ2) is 5.53. The number of fused-ring (bicyclic) bond motifs is 1. The van der Waals surface area contributed by atoms with E-state index in [-0.39, 0.29) is 5.91 Å². The van der Waals surface area contributed by atoms with Crippen molar-refractivity contribution in [3.05, 3.63) is 29.9 Å². The van der Waals surface area contributed by atoms with Crippen molar-refractivity contribution in [2.24, 2.45) is 5.92 Å². The molecular formula is C14H18N6O2. The fraction of sp³-hybridized carbons (Fsp3) is 0.571. The van der Waals surface area contributed by atoms with Crippen molar-refractivity contribution in [1.29, 1.82) is 0 Å². The summed E-state index contributed by atoms with van der Waals surface area (Å²) >= 11 is 0. The standard InChI is InChI=1S/C14H18N6O2/c21-14(11-5-15-9-16-11)19-3-4-20-12(6-19)17-18-13(20)8-22-7-10-1-2-10/h5,9-10H,1-4,6-8H2,(H,15,16). The summed E-state index contributed by atoms with van der Waals surface area (Å²) in [6, 6.07) is 0. The van der Waals surface area contributed by atoms with Gasteiger partial charge in [-0.1, -0.05) is 0 Å². The summed E-state index contributed by atoms with van der Waals surface area (Å²) in [6.07, 6.45) is 5.61. The van der Waals surface area contributed by atoms with E-state index in [2.05, 4.69) is 24.7 Å². The highest BCUT2D eigenvalue weighted by atomic mass is 16.5. The molecule has 4 rings (SSSR count). The Bertz CT molecular complexity index is 661. The Kier molecular flexibility index (Phi) is 3.38. The van der Waals surface area contributed by atoms with Crippen LogP contribution >= 0.6 is 0 Å². The summed E-state index contributed by atoms with van der Waals surface area (Å²) in [5.74, 6) is 2.35. The van der Waals surface area contributed by atoms with Crippen molar-refractivity contribution in [2.75, 3.05) is 13.2 Å². The molecule has 3 heterocycles. The fourth-order valence-corrected chi connectivity index (χ4v) is 2.64. The zero-order valence-electron chi connectivity index (χ0n) is 12.2. The van der Waals surface area contributed by atoms with E-state index < -0.39 is 0 Å². The van der Waals surface area contributed by atoms with Gasteiger partial charge in [0.05, 0.1) is 19.1 Å². The summed E-state index contributed by atoms with van der Waals surface area (Å²) in [7, 11) is 0. The molecule has 0 unspecified atom stereocenters. The number of hydrogen-bond donors (Lipinski definition) is 1. The highest BCUT2D eigenvalue weighted by Gasteiger charge is 2.26. The minimum absolute atomic E-state index is 0.0571. The monoisotopic (exact) mass is 302 g/mol. The number of nitrogens with one attached hydrogen (secondary N) is 1. The molecule has 0 aromatic carbocycles. The summed E-state index contributed by atoms with van der Waals surface area (Å²) < 4.78 is 7.74. The molecule has 1 amide bonds. The lowest BCUT2D eigenvalue weighted by atomic mass is 10.3. The van der Waals surface area contributed by atoms with E-state index in [9.17, 15) is 4.79 Å². The molecule has 0 spiro atoms. The Morgan fingerprint density at radius 3 is 3.05 bits per heavy atom. The van der Waals surface area contributed by atoms with Gasteiger partial charge in [0.25, 0.3) is 5.91 Å². The second-order valence-electron chi connectivity index (χ2n) is 5.83. The van der Waals surface area contributed by atoms with Crippen LogP contribution < -0.4 is 0 Å². The van der Waals surface area contributed by atoms with Crippen LogP contribution in [0.1, 0.15) is 35.0 Å². The molecule has 2 aliphatic rings. The molecule has 8 heteroatoms. The lowest BCUT2D eigenvalue weighted by molar-refractivity contribution is 0.0692. The first-order valence-corrected chi connectivity index (χ1v) is 7.57. The summed E-state index contributed by atoms with van der Waals surface area (Å²) in [5, 5.41) is 8.40. The number of imidazole rings is 1. The molecule has 22 heavy (non-hydrogen) atoms. The average Bonchev–Trinajstić information content (AvgIpc) is 3.05. The van der Waals surface area contributed by atoms with Crippen molar-refractivity contribution in [3.63, 3.8) is 0 Å². The van der Waals surface area contributed by atoms with Gasteiger partial charge in [-0.05, 0) is 18.8 Å². The van der Waals surface area contributed by atoms with Crippen LogP contribution in [0.2, 0.25) is 0 Å². The van der Waals surface area contributed by atoms with Crippen molar-refractivity contribution in [2.45, 2.75) is 32.5 Å². The van der Waals surface area contributed by atoms with Crippen LogP contribution in [0.3, 0.4) is 0 Å². The van der Waals surface area contributed by atoms with Gasteiger partial charge in [-0.15, -0.1) is 10.2 Å². The average molecular weight is 302 g/mol. The summed E-state index contributed by atoms with van der Waals surface area (Å²) in [4.78, 5) is 20.8. The van der Waals surface area contributed by atoms with Crippen LogP contribution in [0, 0.1) is 5.92 Å². The van der Waals surface area contributed by atoms with Crippen LogP contribution in [0.25, 0.3) is 0 Å². The Labute approximate surface area is 127 Å². The Morgan fingerprint density at radius 2 is 2.27 bits per heavy atom. The number of nitrogens with zero attached hydrogens (tertiary/aromatic N) is 5. The van der Waals surface area contributed by atoms with Gasteiger partial charge >= 0.3 is 0 Å². The van der Waals surface area contributed by atoms with Gasteiger partial charge < -0.3 is 19.2 Å². The van der Waals surface area contributed by atoms with Crippen LogP contribution in [0.4, 0.5) is 0 Å². The molecule has 2 aromatic heterocycles. The van der Waals surface area contributed by atoms with Crippen molar-refractivity contribution in [3.8, 4) is 0 Å². The second-order valence-corrected chi connectivity index (χ2v) is 5.83. The first-order chi connectivity index (χ1) is 10.8. The number of H-pyrrole nitrogens is 1. The largest absolute Gasteiger partial charge is 0.373 e. The first kappa shape index (κ1) is 13.4. The number of carbonyl (C=O) groups is 1. The van der Waals surface area contributed by atoms with Crippen LogP contribution in [-0.4, -0.2) is 48.7 Å². The zero-order valence-corrected chi connectivity index (χ0v) is 12.2. The Balaban J connectivity index is 1.41. The highest BCUT2D eigenvalue weighted by molar-refractivity contribution is 5.92. The molecule has 1 saturated carbocycles. The van der Waals surface area contributed by atoms with Crippen LogP contribution in [0.15, 0.2) is 12.5 Å². The highest BCUT2D eigenvalue weighted by Crippen LogP contribution is 2.29. The van der Waals surface area contributed by atoms with Gasteiger partial charge in [0.1, 0.15) is 12.3 Å². The molecule has 0 saturated heterocycles. The van der Waals surface area contributed by atoms with E-state index >= 15 is 0 Å². The van der Waals surface area contributed by atoms with Gasteiger partial charge in [-0.3, -0.25) is 4.79 Å². The zero-order chi connectivity index (χ0) is 14.9. The smallest absolute Gasteiger partial charge is 0.272 e. The van der Waals surface area contributed by atoms with Crippen LogP contribution in [-0.2, 0) is 24.4 Å². The predicted octanol–water partition coefficient (Wildman–Crippen LogP) is 0.584. The molecule has 0 bridgehead atoms. The molecule has 116 valence electrons. The van der Waals surface area contributed by atoms with E-state index in [4.69, 9.17) is 4.74 Å². The van der Waals surface area contributed by atoms with E-state index in [1.165, 1.54) is 19.2 Å². The Hall–Kier alpha value is -2.22. The summed E-state index contributed by atoms with van der Waals surface area (Å²) in [5.41, 5.74) is 0.501. The third kappa shape index (κ3) is 2.61. The molecule has 0 radical (unpaired) electrons. The number of amides is 1. The molecule has 1 N–H and O–H groups in total. The van der Waals surface area contributed by atoms with E-state index in [1.807, 2.05) is 0 Å². The lowest BCUT2D eigenvalue weighted by Gasteiger charge is -2.27. The van der Waals surface area contributed by atoms with Gasteiger partial charge in [0.15, 0.2) is 11.6 Å². The van der Waals surface area contributed by atoms with E-state index in [0.717, 1.165) is 24.2 Å². The maximum absolute atomic E-state index is 12.3. The fourth-order valence-electron chi connectivity index (χ4n) is 2.64. The minimum Gasteiger partial charge on any atom is -0.373 e. The van der Waals surface area contributed by atoms with Crippen molar-refractivity contribution >= 4 is 5.91 Å². The van der Waals surface area contributed by atoms with Gasteiger partial charge in [0, 0.05) is 19.7 Å². The summed E-state index contributed by atoms with van der Waals surface area (Å²) in [6.45, 7) is 3.11. The number of hydrogen-bond acceptors (Lipinski definition) is 5. The van der Waals surface area contributed by atoms with Gasteiger partial charge in [-0.2, -0.15) is 0 Å². The molecule has 1 aliphatic carbocycles. The lowest BCUT2D eigenvalue weighted by Crippen LogP contribution is -2.39. The molecule has 2 aromatic rings. The molecular weight excluding hydrogens is 284 g/mol. The topological polar surface area (TPSA) is 88.9 Å². The van der Waals surface area contributed by atoms with E-state index in [1.54, 1.807) is 11.1 Å².